The molecule has 0 fully saturated rings. The van der Waals surface area contributed by atoms with Gasteiger partial charge in [-0.05, 0) is 105 Å². The second-order valence-electron chi connectivity index (χ2n) is 11.5. The lowest BCUT2D eigenvalue weighted by Gasteiger charge is -2.18. The fourth-order valence-electron chi connectivity index (χ4n) is 7.19. The summed E-state index contributed by atoms with van der Waals surface area (Å²) in [7, 11) is 0. The summed E-state index contributed by atoms with van der Waals surface area (Å²) in [6, 6.07) is 55.5. The van der Waals surface area contributed by atoms with Crippen molar-refractivity contribution in [3.8, 4) is 33.4 Å². The molecule has 8 aromatic carbocycles. The molecule has 0 aliphatic carbocycles. The van der Waals surface area contributed by atoms with Crippen molar-refractivity contribution < 1.29 is 0 Å². The van der Waals surface area contributed by atoms with E-state index in [0.717, 1.165) is 0 Å². The van der Waals surface area contributed by atoms with Crippen LogP contribution in [-0.4, -0.2) is 4.98 Å². The van der Waals surface area contributed by atoms with Gasteiger partial charge in [0, 0.05) is 12.4 Å². The molecule has 0 N–H and O–H groups in total. The van der Waals surface area contributed by atoms with Gasteiger partial charge in [0.2, 0.25) is 0 Å². The van der Waals surface area contributed by atoms with E-state index in [2.05, 4.69) is 157 Å². The Morgan fingerprint density at radius 1 is 0.295 bits per heavy atom. The number of fused-ring (bicyclic) bond motifs is 7. The van der Waals surface area contributed by atoms with Crippen LogP contribution < -0.4 is 0 Å². The summed E-state index contributed by atoms with van der Waals surface area (Å²) < 4.78 is 0. The molecule has 0 unspecified atom stereocenters. The average Bonchev–Trinajstić information content (AvgIpc) is 3.10. The predicted molar refractivity (Wildman–Crippen MR) is 188 cm³/mol. The van der Waals surface area contributed by atoms with Crippen molar-refractivity contribution in [2.45, 2.75) is 0 Å². The van der Waals surface area contributed by atoms with Crippen LogP contribution in [0.15, 0.2) is 164 Å². The lowest BCUT2D eigenvalue weighted by Crippen LogP contribution is -1.91. The molecule has 1 heteroatoms. The third-order valence-electron chi connectivity index (χ3n) is 9.15. The minimum absolute atomic E-state index is 1.19. The molecular weight excluding hydrogens is 530 g/mol. The van der Waals surface area contributed by atoms with Crippen LogP contribution in [0.1, 0.15) is 0 Å². The Morgan fingerprint density at radius 2 is 0.750 bits per heavy atom. The van der Waals surface area contributed by atoms with Crippen LogP contribution in [0.2, 0.25) is 0 Å². The van der Waals surface area contributed by atoms with Crippen LogP contribution in [0.4, 0.5) is 0 Å². The zero-order valence-corrected chi connectivity index (χ0v) is 24.0. The Morgan fingerprint density at radius 3 is 1.36 bits per heavy atom. The van der Waals surface area contributed by atoms with Gasteiger partial charge in [0.25, 0.3) is 0 Å². The minimum Gasteiger partial charge on any atom is -0.265 e. The van der Waals surface area contributed by atoms with Crippen molar-refractivity contribution in [3.05, 3.63) is 164 Å². The van der Waals surface area contributed by atoms with Crippen LogP contribution in [0.3, 0.4) is 0 Å². The van der Waals surface area contributed by atoms with E-state index in [4.69, 9.17) is 0 Å². The molecular formula is C43H27N. The van der Waals surface area contributed by atoms with Gasteiger partial charge in [-0.2, -0.15) is 0 Å². The first-order valence-electron chi connectivity index (χ1n) is 15.1. The molecule has 0 aliphatic heterocycles. The van der Waals surface area contributed by atoms with Crippen LogP contribution in [0, 0.1) is 0 Å². The maximum atomic E-state index is 4.28. The molecule has 1 nitrogen and oxygen atoms in total. The van der Waals surface area contributed by atoms with Gasteiger partial charge in [0.1, 0.15) is 0 Å². The largest absolute Gasteiger partial charge is 0.265 e. The topological polar surface area (TPSA) is 12.9 Å². The average molecular weight is 558 g/mol. The molecule has 0 atom stereocenters. The Labute approximate surface area is 255 Å². The lowest BCUT2D eigenvalue weighted by atomic mass is 9.85. The maximum absolute atomic E-state index is 4.28. The highest BCUT2D eigenvalue weighted by Gasteiger charge is 2.17. The maximum Gasteiger partial charge on any atom is 0.0273 e. The van der Waals surface area contributed by atoms with Gasteiger partial charge in [-0.15, -0.1) is 0 Å². The SMILES string of the molecule is c1ccc2c(c1)ccc1c3ccccc3c(-c3ccc(-c4c5ccccc5c(-c5ccncc5)c5ccccc45)cc3)cc21. The molecule has 0 radical (unpaired) electrons. The number of benzene rings is 8. The highest BCUT2D eigenvalue weighted by atomic mass is 14.6. The summed E-state index contributed by atoms with van der Waals surface area (Å²) in [5.41, 5.74) is 7.42. The number of aromatic nitrogens is 1. The first-order chi connectivity index (χ1) is 21.8. The third-order valence-corrected chi connectivity index (χ3v) is 9.15. The quantitative estimate of drug-likeness (QED) is 0.155. The summed E-state index contributed by atoms with van der Waals surface area (Å²) in [6.45, 7) is 0. The molecule has 0 bridgehead atoms. The molecule has 9 rings (SSSR count). The zero-order valence-electron chi connectivity index (χ0n) is 24.0. The molecule has 0 saturated carbocycles. The van der Waals surface area contributed by atoms with Gasteiger partial charge in [-0.1, -0.05) is 133 Å². The number of hydrogen-bond acceptors (Lipinski definition) is 1. The summed E-state index contributed by atoms with van der Waals surface area (Å²) in [6.07, 6.45) is 3.76. The van der Waals surface area contributed by atoms with E-state index in [9.17, 15) is 0 Å². The smallest absolute Gasteiger partial charge is 0.0273 e. The van der Waals surface area contributed by atoms with Gasteiger partial charge >= 0.3 is 0 Å². The van der Waals surface area contributed by atoms with Crippen LogP contribution in [0.5, 0.6) is 0 Å². The fourth-order valence-corrected chi connectivity index (χ4v) is 7.19. The van der Waals surface area contributed by atoms with Crippen LogP contribution in [-0.2, 0) is 0 Å². The monoisotopic (exact) mass is 557 g/mol. The Hall–Kier alpha value is -5.79. The van der Waals surface area contributed by atoms with E-state index in [-0.39, 0.29) is 0 Å². The van der Waals surface area contributed by atoms with Gasteiger partial charge in [-0.25, -0.2) is 0 Å². The predicted octanol–water partition coefficient (Wildman–Crippen LogP) is 11.8. The molecule has 1 heterocycles. The Kier molecular flexibility index (Phi) is 5.57. The van der Waals surface area contributed by atoms with Crippen molar-refractivity contribution in [2.24, 2.45) is 0 Å². The van der Waals surface area contributed by atoms with E-state index in [1.165, 1.54) is 87.2 Å². The number of hydrogen-bond donors (Lipinski definition) is 0. The van der Waals surface area contributed by atoms with E-state index < -0.39 is 0 Å². The normalized spacial score (nSPS) is 11.6. The molecule has 0 aliphatic rings. The van der Waals surface area contributed by atoms with Crippen molar-refractivity contribution in [2.75, 3.05) is 0 Å². The Bertz CT molecular complexity index is 2470. The van der Waals surface area contributed by atoms with Crippen molar-refractivity contribution in [3.63, 3.8) is 0 Å². The van der Waals surface area contributed by atoms with Crippen LogP contribution >= 0.6 is 0 Å². The van der Waals surface area contributed by atoms with Crippen molar-refractivity contribution in [1.82, 2.24) is 4.98 Å². The van der Waals surface area contributed by atoms with Gasteiger partial charge < -0.3 is 0 Å². The first kappa shape index (κ1) is 24.8. The third kappa shape index (κ3) is 3.76. The molecule has 9 aromatic rings. The standard InChI is InChI=1S/C43H27N/c1-2-10-32-28(9-1)21-22-35-33-11-3-4-12-34(33)40(27-41(32)35)29-17-19-30(20-18-29)42-36-13-5-7-15-38(36)43(31-23-25-44-26-24-31)39-16-8-6-14-37(39)42/h1-27H. The van der Waals surface area contributed by atoms with E-state index in [1.54, 1.807) is 0 Å². The number of rotatable bonds is 3. The summed E-state index contributed by atoms with van der Waals surface area (Å²) >= 11 is 0. The Balaban J connectivity index is 1.28. The van der Waals surface area contributed by atoms with Gasteiger partial charge in [0.15, 0.2) is 0 Å². The van der Waals surface area contributed by atoms with E-state index >= 15 is 0 Å². The van der Waals surface area contributed by atoms with Gasteiger partial charge in [0.05, 0.1) is 0 Å². The fraction of sp³-hybridized carbons (Fsp3) is 0. The molecule has 0 saturated heterocycles. The number of pyridine rings is 1. The van der Waals surface area contributed by atoms with Crippen LogP contribution in [0.25, 0.3) is 87.2 Å². The van der Waals surface area contributed by atoms with E-state index in [0.29, 0.717) is 0 Å². The minimum atomic E-state index is 1.19. The second kappa shape index (κ2) is 9.90. The summed E-state index contributed by atoms with van der Waals surface area (Å²) in [5, 5.41) is 12.7. The second-order valence-corrected chi connectivity index (χ2v) is 11.5. The molecule has 0 amide bonds. The molecule has 204 valence electrons. The lowest BCUT2D eigenvalue weighted by molar-refractivity contribution is 1.33. The number of nitrogens with zero attached hydrogens (tertiary/aromatic N) is 1. The van der Waals surface area contributed by atoms with Crippen molar-refractivity contribution >= 4 is 53.9 Å². The summed E-state index contributed by atoms with van der Waals surface area (Å²) in [5.74, 6) is 0. The van der Waals surface area contributed by atoms with Gasteiger partial charge in [-0.3, -0.25) is 4.98 Å². The highest BCUT2D eigenvalue weighted by molar-refractivity contribution is 6.22. The molecule has 0 spiro atoms. The zero-order chi connectivity index (χ0) is 29.0. The van der Waals surface area contributed by atoms with E-state index in [1.807, 2.05) is 12.4 Å². The summed E-state index contributed by atoms with van der Waals surface area (Å²) in [4.78, 5) is 4.28. The molecule has 44 heavy (non-hydrogen) atoms. The first-order valence-corrected chi connectivity index (χ1v) is 15.1. The highest BCUT2D eigenvalue weighted by Crippen LogP contribution is 2.44. The molecule has 1 aromatic heterocycles. The van der Waals surface area contributed by atoms with Crippen molar-refractivity contribution in [1.29, 1.82) is 0 Å².